The Morgan fingerprint density at radius 3 is 2.64 bits per heavy atom. The minimum absolute atomic E-state index is 0.140. The van der Waals surface area contributed by atoms with Gasteiger partial charge >= 0.3 is 6.09 Å². The number of piperidine rings is 1. The van der Waals surface area contributed by atoms with Crippen molar-refractivity contribution in [2.45, 2.75) is 57.7 Å². The van der Waals surface area contributed by atoms with E-state index in [0.717, 1.165) is 25.7 Å². The van der Waals surface area contributed by atoms with Crippen LogP contribution in [0.5, 0.6) is 5.88 Å². The molecule has 2 aliphatic rings. The van der Waals surface area contributed by atoms with Crippen LogP contribution in [0.25, 0.3) is 0 Å². The van der Waals surface area contributed by atoms with Crippen LogP contribution in [0.4, 0.5) is 4.79 Å². The topological polar surface area (TPSA) is 51.7 Å². The molecular formula is C17H24N2O3. The summed E-state index contributed by atoms with van der Waals surface area (Å²) in [5, 5.41) is 0. The summed E-state index contributed by atoms with van der Waals surface area (Å²) >= 11 is 0. The SMILES string of the molecule is CC(C)COC(=O)N1C2CCC1CC(Oc1ccccn1)C2. The Morgan fingerprint density at radius 2 is 2.05 bits per heavy atom. The Morgan fingerprint density at radius 1 is 1.32 bits per heavy atom. The molecule has 2 bridgehead atoms. The standard InChI is InChI=1S/C17H24N2O3/c1-12(2)11-21-17(20)19-13-6-7-14(19)10-15(9-13)22-16-5-3-4-8-18-16/h3-5,8,12-15H,6-7,9-11H2,1-2H3. The lowest BCUT2D eigenvalue weighted by atomic mass is 10.0. The second kappa shape index (κ2) is 6.55. The second-order valence-corrected chi connectivity index (χ2v) is 6.64. The summed E-state index contributed by atoms with van der Waals surface area (Å²) in [4.78, 5) is 18.4. The smallest absolute Gasteiger partial charge is 0.410 e. The molecule has 2 fully saturated rings. The first-order chi connectivity index (χ1) is 10.6. The molecule has 22 heavy (non-hydrogen) atoms. The number of ether oxygens (including phenoxy) is 2. The monoisotopic (exact) mass is 304 g/mol. The number of amides is 1. The Labute approximate surface area is 131 Å². The van der Waals surface area contributed by atoms with Gasteiger partial charge in [-0.25, -0.2) is 9.78 Å². The highest BCUT2D eigenvalue weighted by atomic mass is 16.6. The van der Waals surface area contributed by atoms with Crippen molar-refractivity contribution in [3.63, 3.8) is 0 Å². The van der Waals surface area contributed by atoms with Crippen LogP contribution in [0.3, 0.4) is 0 Å². The number of rotatable bonds is 4. The van der Waals surface area contributed by atoms with Gasteiger partial charge in [0, 0.05) is 37.2 Å². The lowest BCUT2D eigenvalue weighted by molar-refractivity contribution is 0.0282. The fraction of sp³-hybridized carbons (Fsp3) is 0.647. The molecule has 5 nitrogen and oxygen atoms in total. The van der Waals surface area contributed by atoms with Gasteiger partial charge in [0.2, 0.25) is 5.88 Å². The molecule has 0 radical (unpaired) electrons. The summed E-state index contributed by atoms with van der Waals surface area (Å²) in [6, 6.07) is 6.17. The third-order valence-electron chi connectivity index (χ3n) is 4.37. The fourth-order valence-corrected chi connectivity index (χ4v) is 3.42. The van der Waals surface area contributed by atoms with Crippen LogP contribution < -0.4 is 4.74 Å². The maximum absolute atomic E-state index is 12.3. The Kier molecular flexibility index (Phi) is 4.50. The van der Waals surface area contributed by atoms with Gasteiger partial charge in [-0.3, -0.25) is 0 Å². The number of hydrogen-bond donors (Lipinski definition) is 0. The minimum atomic E-state index is -0.155. The molecule has 1 aromatic rings. The van der Waals surface area contributed by atoms with E-state index in [9.17, 15) is 4.79 Å². The van der Waals surface area contributed by atoms with E-state index in [2.05, 4.69) is 18.8 Å². The van der Waals surface area contributed by atoms with Gasteiger partial charge in [-0.1, -0.05) is 19.9 Å². The van der Waals surface area contributed by atoms with E-state index in [1.54, 1.807) is 6.20 Å². The van der Waals surface area contributed by atoms with Crippen LogP contribution in [-0.2, 0) is 4.74 Å². The molecule has 3 heterocycles. The lowest BCUT2D eigenvalue weighted by Crippen LogP contribution is -2.49. The average molecular weight is 304 g/mol. The molecule has 5 heteroatoms. The largest absolute Gasteiger partial charge is 0.474 e. The quantitative estimate of drug-likeness (QED) is 0.857. The molecule has 2 aliphatic heterocycles. The number of carbonyl (C=O) groups is 1. The van der Waals surface area contributed by atoms with Crippen molar-refractivity contribution in [3.8, 4) is 5.88 Å². The third-order valence-corrected chi connectivity index (χ3v) is 4.37. The van der Waals surface area contributed by atoms with Gasteiger partial charge in [-0.2, -0.15) is 0 Å². The molecule has 0 aliphatic carbocycles. The summed E-state index contributed by atoms with van der Waals surface area (Å²) in [7, 11) is 0. The molecule has 1 aromatic heterocycles. The lowest BCUT2D eigenvalue weighted by Gasteiger charge is -2.38. The molecular weight excluding hydrogens is 280 g/mol. The van der Waals surface area contributed by atoms with Crippen LogP contribution in [-0.4, -0.2) is 40.8 Å². The second-order valence-electron chi connectivity index (χ2n) is 6.64. The van der Waals surface area contributed by atoms with Crippen molar-refractivity contribution in [2.24, 2.45) is 5.92 Å². The summed E-state index contributed by atoms with van der Waals surface area (Å²) in [5.41, 5.74) is 0. The number of nitrogens with zero attached hydrogens (tertiary/aromatic N) is 2. The van der Waals surface area contributed by atoms with Crippen LogP contribution in [0.15, 0.2) is 24.4 Å². The molecule has 0 aromatic carbocycles. The number of carbonyl (C=O) groups excluding carboxylic acids is 1. The van der Waals surface area contributed by atoms with Gasteiger partial charge in [0.05, 0.1) is 6.61 Å². The van der Waals surface area contributed by atoms with Gasteiger partial charge in [0.15, 0.2) is 0 Å². The van der Waals surface area contributed by atoms with Crippen LogP contribution in [0.2, 0.25) is 0 Å². The maximum Gasteiger partial charge on any atom is 0.410 e. The molecule has 1 amide bonds. The Hall–Kier alpha value is -1.78. The number of fused-ring (bicyclic) bond motifs is 2. The van der Waals surface area contributed by atoms with Crippen LogP contribution in [0, 0.1) is 5.92 Å². The van der Waals surface area contributed by atoms with Crippen molar-refractivity contribution in [1.29, 1.82) is 0 Å². The van der Waals surface area contributed by atoms with Gasteiger partial charge in [-0.05, 0) is 24.8 Å². The molecule has 2 unspecified atom stereocenters. The van der Waals surface area contributed by atoms with Crippen LogP contribution >= 0.6 is 0 Å². The van der Waals surface area contributed by atoms with Crippen molar-refractivity contribution in [1.82, 2.24) is 9.88 Å². The Balaban J connectivity index is 1.58. The van der Waals surface area contributed by atoms with Crippen molar-refractivity contribution in [2.75, 3.05) is 6.61 Å². The molecule has 0 N–H and O–H groups in total. The Bertz CT molecular complexity index is 492. The zero-order chi connectivity index (χ0) is 15.5. The van der Waals surface area contributed by atoms with E-state index >= 15 is 0 Å². The van der Waals surface area contributed by atoms with Crippen molar-refractivity contribution >= 4 is 6.09 Å². The number of pyridine rings is 1. The molecule has 2 saturated heterocycles. The van der Waals surface area contributed by atoms with Crippen molar-refractivity contribution in [3.05, 3.63) is 24.4 Å². The van der Waals surface area contributed by atoms with E-state index in [0.29, 0.717) is 18.4 Å². The normalized spacial score (nSPS) is 27.0. The van der Waals surface area contributed by atoms with Gasteiger partial charge in [0.25, 0.3) is 0 Å². The van der Waals surface area contributed by atoms with E-state index in [1.807, 2.05) is 23.1 Å². The first-order valence-corrected chi connectivity index (χ1v) is 8.16. The third kappa shape index (κ3) is 3.34. The zero-order valence-corrected chi connectivity index (χ0v) is 13.3. The first-order valence-electron chi connectivity index (χ1n) is 8.16. The first kappa shape index (κ1) is 15.1. The molecule has 120 valence electrons. The number of hydrogen-bond acceptors (Lipinski definition) is 4. The van der Waals surface area contributed by atoms with Gasteiger partial charge in [-0.15, -0.1) is 0 Å². The van der Waals surface area contributed by atoms with E-state index in [4.69, 9.17) is 9.47 Å². The molecule has 3 rings (SSSR count). The van der Waals surface area contributed by atoms with Gasteiger partial charge < -0.3 is 14.4 Å². The van der Waals surface area contributed by atoms with Crippen molar-refractivity contribution < 1.29 is 14.3 Å². The summed E-state index contributed by atoms with van der Waals surface area (Å²) in [6.07, 6.45) is 5.54. The maximum atomic E-state index is 12.3. The molecule has 0 spiro atoms. The van der Waals surface area contributed by atoms with Gasteiger partial charge in [0.1, 0.15) is 6.10 Å². The minimum Gasteiger partial charge on any atom is -0.474 e. The molecule has 2 atom stereocenters. The fourth-order valence-electron chi connectivity index (χ4n) is 3.42. The van der Waals surface area contributed by atoms with Crippen LogP contribution in [0.1, 0.15) is 39.5 Å². The van der Waals surface area contributed by atoms with E-state index < -0.39 is 0 Å². The average Bonchev–Trinajstić information content (AvgIpc) is 2.77. The van der Waals surface area contributed by atoms with E-state index in [-0.39, 0.29) is 24.3 Å². The summed E-state index contributed by atoms with van der Waals surface area (Å²) < 4.78 is 11.4. The highest BCUT2D eigenvalue weighted by Crippen LogP contribution is 2.37. The van der Waals surface area contributed by atoms with E-state index in [1.165, 1.54) is 0 Å². The highest BCUT2D eigenvalue weighted by molar-refractivity contribution is 5.69. The number of aromatic nitrogens is 1. The predicted octanol–water partition coefficient (Wildman–Crippen LogP) is 3.25. The molecule has 0 saturated carbocycles. The summed E-state index contributed by atoms with van der Waals surface area (Å²) in [5.74, 6) is 1.04. The summed E-state index contributed by atoms with van der Waals surface area (Å²) in [6.45, 7) is 4.59. The predicted molar refractivity (Wildman–Crippen MR) is 82.7 cm³/mol. The zero-order valence-electron chi connectivity index (χ0n) is 13.3. The highest BCUT2D eigenvalue weighted by Gasteiger charge is 2.44.